The van der Waals surface area contributed by atoms with Gasteiger partial charge in [0.1, 0.15) is 10.3 Å². The van der Waals surface area contributed by atoms with Crippen molar-refractivity contribution in [3.63, 3.8) is 0 Å². The Balaban J connectivity index is 2.15. The van der Waals surface area contributed by atoms with Crippen molar-refractivity contribution >= 4 is 46.6 Å². The van der Waals surface area contributed by atoms with Gasteiger partial charge in [-0.05, 0) is 42.7 Å². The van der Waals surface area contributed by atoms with Crippen LogP contribution in [0.5, 0.6) is 0 Å². The Hall–Kier alpha value is -1.23. The second-order valence-corrected chi connectivity index (χ2v) is 5.34. The second kappa shape index (κ2) is 6.28. The molecule has 6 heteroatoms. The molecule has 1 N–H and O–H groups in total. The maximum atomic E-state index is 12.0. The van der Waals surface area contributed by atoms with E-state index in [2.05, 4.69) is 10.3 Å². The zero-order chi connectivity index (χ0) is 13.8. The summed E-state index contributed by atoms with van der Waals surface area (Å²) >= 11 is 13.2. The highest BCUT2D eigenvalue weighted by atomic mass is 35.5. The Bertz CT molecular complexity index is 582. The number of carbonyl (C=O) groups excluding carboxylic acids is 1. The number of nitrogens with one attached hydrogen (secondary N) is 1. The van der Waals surface area contributed by atoms with E-state index in [0.717, 1.165) is 4.90 Å². The minimum Gasteiger partial charge on any atom is -0.322 e. The van der Waals surface area contributed by atoms with E-state index < -0.39 is 0 Å². The Kier molecular flexibility index (Phi) is 4.69. The van der Waals surface area contributed by atoms with Gasteiger partial charge in [-0.3, -0.25) is 4.79 Å². The molecular formula is C13H10Cl2N2OS. The van der Waals surface area contributed by atoms with Crippen LogP contribution in [0.3, 0.4) is 0 Å². The van der Waals surface area contributed by atoms with E-state index in [1.165, 1.54) is 12.1 Å². The molecule has 0 saturated carbocycles. The average molecular weight is 313 g/mol. The van der Waals surface area contributed by atoms with Gasteiger partial charge >= 0.3 is 0 Å². The highest BCUT2D eigenvalue weighted by Gasteiger charge is 2.09. The second-order valence-electron chi connectivity index (χ2n) is 3.68. The summed E-state index contributed by atoms with van der Waals surface area (Å²) in [6, 6.07) is 10.5. The van der Waals surface area contributed by atoms with Gasteiger partial charge in [-0.1, -0.05) is 23.2 Å². The zero-order valence-corrected chi connectivity index (χ0v) is 12.3. The first kappa shape index (κ1) is 14.2. The minimum atomic E-state index is -0.275. The topological polar surface area (TPSA) is 42.0 Å². The number of amides is 1. The molecule has 1 amide bonds. The molecule has 98 valence electrons. The van der Waals surface area contributed by atoms with Gasteiger partial charge in [-0.25, -0.2) is 4.98 Å². The van der Waals surface area contributed by atoms with Gasteiger partial charge in [0.05, 0.1) is 0 Å². The van der Waals surface area contributed by atoms with E-state index in [-0.39, 0.29) is 16.2 Å². The molecule has 2 aromatic rings. The van der Waals surface area contributed by atoms with Gasteiger partial charge in [0, 0.05) is 16.1 Å². The smallest absolute Gasteiger partial charge is 0.255 e. The highest BCUT2D eigenvalue weighted by Crippen LogP contribution is 2.19. The molecule has 19 heavy (non-hydrogen) atoms. The van der Waals surface area contributed by atoms with Crippen molar-refractivity contribution < 1.29 is 4.79 Å². The molecule has 0 aliphatic heterocycles. The third-order valence-corrected chi connectivity index (χ3v) is 3.50. The largest absolute Gasteiger partial charge is 0.322 e. The number of halogens is 2. The Labute approximate surface area is 125 Å². The van der Waals surface area contributed by atoms with E-state index in [0.29, 0.717) is 11.3 Å². The van der Waals surface area contributed by atoms with Crippen LogP contribution in [0.25, 0.3) is 0 Å². The Morgan fingerprint density at radius 1 is 1.16 bits per heavy atom. The normalized spacial score (nSPS) is 10.3. The third kappa shape index (κ3) is 3.86. The molecule has 1 heterocycles. The molecule has 0 spiro atoms. The highest BCUT2D eigenvalue weighted by molar-refractivity contribution is 7.98. The minimum absolute atomic E-state index is 0.190. The van der Waals surface area contributed by atoms with Crippen LogP contribution < -0.4 is 5.32 Å². The lowest BCUT2D eigenvalue weighted by molar-refractivity contribution is 0.102. The Morgan fingerprint density at radius 2 is 1.74 bits per heavy atom. The van der Waals surface area contributed by atoms with Crippen molar-refractivity contribution in [2.75, 3.05) is 11.6 Å². The quantitative estimate of drug-likeness (QED) is 0.676. The maximum absolute atomic E-state index is 12.0. The van der Waals surface area contributed by atoms with Crippen LogP contribution in [0.15, 0.2) is 41.3 Å². The summed E-state index contributed by atoms with van der Waals surface area (Å²) in [7, 11) is 0. The summed E-state index contributed by atoms with van der Waals surface area (Å²) in [4.78, 5) is 16.9. The van der Waals surface area contributed by atoms with E-state index in [4.69, 9.17) is 23.2 Å². The molecule has 1 aromatic heterocycles. The van der Waals surface area contributed by atoms with Gasteiger partial charge in [-0.2, -0.15) is 0 Å². The first-order valence-corrected chi connectivity index (χ1v) is 7.35. The molecule has 0 aliphatic rings. The molecule has 1 aromatic carbocycles. The molecular weight excluding hydrogens is 303 g/mol. The predicted octanol–water partition coefficient (Wildman–Crippen LogP) is 4.36. The van der Waals surface area contributed by atoms with Crippen LogP contribution in [0, 0.1) is 0 Å². The summed E-state index contributed by atoms with van der Waals surface area (Å²) in [6.07, 6.45) is 1.99. The molecule has 0 aliphatic carbocycles. The molecule has 0 atom stereocenters. The van der Waals surface area contributed by atoms with Crippen LogP contribution in [-0.4, -0.2) is 17.1 Å². The maximum Gasteiger partial charge on any atom is 0.255 e. The fourth-order valence-electron chi connectivity index (χ4n) is 1.47. The van der Waals surface area contributed by atoms with Crippen LogP contribution >= 0.6 is 35.0 Å². The number of nitrogens with zero attached hydrogens (tertiary/aromatic N) is 1. The molecule has 0 bridgehead atoms. The van der Waals surface area contributed by atoms with Crippen molar-refractivity contribution in [3.05, 3.63) is 52.3 Å². The molecule has 3 nitrogen and oxygen atoms in total. The number of anilines is 1. The number of pyridine rings is 1. The lowest BCUT2D eigenvalue weighted by atomic mass is 10.2. The van der Waals surface area contributed by atoms with Gasteiger partial charge < -0.3 is 5.32 Å². The summed E-state index contributed by atoms with van der Waals surface area (Å²) in [5.41, 5.74) is 1.09. The zero-order valence-electron chi connectivity index (χ0n) is 9.98. The van der Waals surface area contributed by atoms with Gasteiger partial charge in [0.15, 0.2) is 0 Å². The van der Waals surface area contributed by atoms with Crippen molar-refractivity contribution in [2.24, 2.45) is 0 Å². The number of carbonyl (C=O) groups is 1. The predicted molar refractivity (Wildman–Crippen MR) is 80.4 cm³/mol. The van der Waals surface area contributed by atoms with Gasteiger partial charge in [0.2, 0.25) is 0 Å². The van der Waals surface area contributed by atoms with Gasteiger partial charge in [0.25, 0.3) is 5.91 Å². The monoisotopic (exact) mass is 312 g/mol. The number of thioether (sulfide) groups is 1. The van der Waals surface area contributed by atoms with Crippen molar-refractivity contribution in [2.45, 2.75) is 4.90 Å². The summed E-state index contributed by atoms with van der Waals surface area (Å²) in [6.45, 7) is 0. The van der Waals surface area contributed by atoms with Crippen LogP contribution in [0.4, 0.5) is 5.69 Å². The number of benzene rings is 1. The van der Waals surface area contributed by atoms with Crippen LogP contribution in [0.1, 0.15) is 10.4 Å². The molecule has 0 unspecified atom stereocenters. The van der Waals surface area contributed by atoms with Crippen LogP contribution in [0.2, 0.25) is 10.3 Å². The van der Waals surface area contributed by atoms with E-state index in [9.17, 15) is 4.79 Å². The van der Waals surface area contributed by atoms with E-state index >= 15 is 0 Å². The van der Waals surface area contributed by atoms with E-state index in [1.54, 1.807) is 11.8 Å². The number of hydrogen-bond acceptors (Lipinski definition) is 3. The Morgan fingerprint density at radius 3 is 2.26 bits per heavy atom. The summed E-state index contributed by atoms with van der Waals surface area (Å²) < 4.78 is 0. The summed E-state index contributed by atoms with van der Waals surface area (Å²) in [5, 5.41) is 3.15. The van der Waals surface area contributed by atoms with Gasteiger partial charge in [-0.15, -0.1) is 11.8 Å². The van der Waals surface area contributed by atoms with Crippen molar-refractivity contribution in [1.29, 1.82) is 0 Å². The third-order valence-electron chi connectivity index (χ3n) is 2.37. The first-order valence-electron chi connectivity index (χ1n) is 5.37. The molecule has 0 fully saturated rings. The lowest BCUT2D eigenvalue weighted by Crippen LogP contribution is -2.12. The van der Waals surface area contributed by atoms with E-state index in [1.807, 2.05) is 30.5 Å². The molecule has 2 rings (SSSR count). The lowest BCUT2D eigenvalue weighted by Gasteiger charge is -2.06. The standard InChI is InChI=1S/C13H10Cl2N2OS/c1-19-10-4-2-9(3-5-10)16-13(18)8-6-11(14)17-12(15)7-8/h2-7H,1H3,(H,16,18). The summed E-state index contributed by atoms with van der Waals surface area (Å²) in [5.74, 6) is -0.275. The van der Waals surface area contributed by atoms with Crippen molar-refractivity contribution in [1.82, 2.24) is 4.98 Å². The SMILES string of the molecule is CSc1ccc(NC(=O)c2cc(Cl)nc(Cl)c2)cc1. The number of hydrogen-bond donors (Lipinski definition) is 1. The van der Waals surface area contributed by atoms with Crippen molar-refractivity contribution in [3.8, 4) is 0 Å². The fourth-order valence-corrected chi connectivity index (χ4v) is 2.34. The van der Waals surface area contributed by atoms with Crippen LogP contribution in [-0.2, 0) is 0 Å². The average Bonchev–Trinajstić information content (AvgIpc) is 2.38. The number of aromatic nitrogens is 1. The first-order chi connectivity index (χ1) is 9.08. The number of rotatable bonds is 3. The molecule has 0 radical (unpaired) electrons. The molecule has 0 saturated heterocycles. The fraction of sp³-hybridized carbons (Fsp3) is 0.0769.